The van der Waals surface area contributed by atoms with Crippen molar-refractivity contribution in [2.75, 3.05) is 6.54 Å². The van der Waals surface area contributed by atoms with E-state index < -0.39 is 11.0 Å². The second-order valence-electron chi connectivity index (χ2n) is 4.61. The van der Waals surface area contributed by atoms with Gasteiger partial charge in [0.1, 0.15) is 0 Å². The van der Waals surface area contributed by atoms with Crippen molar-refractivity contribution in [2.24, 2.45) is 0 Å². The number of nitrogens with one attached hydrogen (secondary N) is 1. The predicted molar refractivity (Wildman–Crippen MR) is 67.8 cm³/mol. The van der Waals surface area contributed by atoms with E-state index in [9.17, 15) is 15.2 Å². The van der Waals surface area contributed by atoms with Crippen LogP contribution < -0.4 is 5.32 Å². The zero-order valence-corrected chi connectivity index (χ0v) is 10.4. The van der Waals surface area contributed by atoms with Crippen LogP contribution in [0.5, 0.6) is 0 Å². The molecule has 1 aromatic carbocycles. The Labute approximate surface area is 113 Å². The van der Waals surface area contributed by atoms with Gasteiger partial charge in [0.15, 0.2) is 0 Å². The first-order valence-corrected chi connectivity index (χ1v) is 6.13. The first-order chi connectivity index (χ1) is 9.63. The van der Waals surface area contributed by atoms with Gasteiger partial charge >= 0.3 is 0 Å². The highest BCUT2D eigenvalue weighted by atomic mass is 16.6. The number of nitro groups is 1. The summed E-state index contributed by atoms with van der Waals surface area (Å²) in [5, 5.41) is 27.1. The fourth-order valence-corrected chi connectivity index (χ4v) is 2.16. The fourth-order valence-electron chi connectivity index (χ4n) is 2.16. The summed E-state index contributed by atoms with van der Waals surface area (Å²) in [5.74, 6) is 0.676. The molecule has 1 aliphatic heterocycles. The van der Waals surface area contributed by atoms with Crippen LogP contribution in [-0.2, 0) is 0 Å². The van der Waals surface area contributed by atoms with E-state index in [-0.39, 0.29) is 11.7 Å². The normalized spacial score (nSPS) is 22.1. The minimum atomic E-state index is -0.473. The maximum absolute atomic E-state index is 10.7. The molecule has 8 nitrogen and oxygen atoms in total. The van der Waals surface area contributed by atoms with E-state index in [0.29, 0.717) is 30.2 Å². The zero-order chi connectivity index (χ0) is 14.1. The molecule has 2 aromatic rings. The standard InChI is InChI=1S/C12H12N4O4/c17-9-5-10(13-6-9)12-14-11(15-20-12)7-2-1-3-8(4-7)16(18)19/h1-4,9-10,13,17H,5-6H2/t9-,10-/m1/s1. The smallest absolute Gasteiger partial charge is 0.270 e. The molecule has 1 saturated heterocycles. The van der Waals surface area contributed by atoms with Gasteiger partial charge < -0.3 is 14.9 Å². The average molecular weight is 276 g/mol. The monoisotopic (exact) mass is 276 g/mol. The van der Waals surface area contributed by atoms with E-state index in [1.54, 1.807) is 12.1 Å². The number of rotatable bonds is 3. The second-order valence-corrected chi connectivity index (χ2v) is 4.61. The van der Waals surface area contributed by atoms with Gasteiger partial charge in [0.05, 0.1) is 17.1 Å². The van der Waals surface area contributed by atoms with Crippen LogP contribution in [0.2, 0.25) is 0 Å². The molecule has 0 amide bonds. The van der Waals surface area contributed by atoms with Crippen LogP contribution in [0, 0.1) is 10.1 Å². The Hall–Kier alpha value is -2.32. The molecule has 1 fully saturated rings. The molecule has 0 spiro atoms. The highest BCUT2D eigenvalue weighted by Crippen LogP contribution is 2.26. The average Bonchev–Trinajstić information content (AvgIpc) is 3.07. The van der Waals surface area contributed by atoms with Gasteiger partial charge in [-0.1, -0.05) is 17.3 Å². The fraction of sp³-hybridized carbons (Fsp3) is 0.333. The summed E-state index contributed by atoms with van der Waals surface area (Å²) in [7, 11) is 0. The van der Waals surface area contributed by atoms with Crippen molar-refractivity contribution in [3.8, 4) is 11.4 Å². The summed E-state index contributed by atoms with van der Waals surface area (Å²) in [5.41, 5.74) is 0.496. The highest BCUT2D eigenvalue weighted by molar-refractivity contribution is 5.58. The van der Waals surface area contributed by atoms with E-state index >= 15 is 0 Å². The molecular weight excluding hydrogens is 264 g/mol. The summed E-state index contributed by atoms with van der Waals surface area (Å²) in [4.78, 5) is 14.5. The van der Waals surface area contributed by atoms with Crippen molar-refractivity contribution >= 4 is 5.69 Å². The summed E-state index contributed by atoms with van der Waals surface area (Å²) in [6.45, 7) is 0.485. The Morgan fingerprint density at radius 3 is 3.05 bits per heavy atom. The number of hydrogen-bond acceptors (Lipinski definition) is 7. The number of aromatic nitrogens is 2. The van der Waals surface area contributed by atoms with Crippen molar-refractivity contribution in [2.45, 2.75) is 18.6 Å². The molecule has 0 unspecified atom stereocenters. The Balaban J connectivity index is 1.86. The van der Waals surface area contributed by atoms with E-state index in [2.05, 4.69) is 15.5 Å². The Morgan fingerprint density at radius 2 is 2.35 bits per heavy atom. The lowest BCUT2D eigenvalue weighted by Gasteiger charge is -2.01. The predicted octanol–water partition coefficient (Wildman–Crippen LogP) is 1.04. The van der Waals surface area contributed by atoms with Crippen LogP contribution in [0.4, 0.5) is 5.69 Å². The SMILES string of the molecule is O=[N+]([O-])c1cccc(-c2noc([C@H]3C[C@@H](O)CN3)n2)c1. The molecule has 0 radical (unpaired) electrons. The number of β-amino-alcohol motifs (C(OH)–C–C–N with tert-alkyl or cyclic N) is 1. The Kier molecular flexibility index (Phi) is 3.17. The molecule has 2 atom stereocenters. The van der Waals surface area contributed by atoms with Gasteiger partial charge in [0.2, 0.25) is 11.7 Å². The third-order valence-electron chi connectivity index (χ3n) is 3.16. The van der Waals surface area contributed by atoms with Gasteiger partial charge in [-0.15, -0.1) is 0 Å². The van der Waals surface area contributed by atoms with Crippen molar-refractivity contribution in [1.82, 2.24) is 15.5 Å². The van der Waals surface area contributed by atoms with Gasteiger partial charge in [0, 0.05) is 24.2 Å². The lowest BCUT2D eigenvalue weighted by Crippen LogP contribution is -2.15. The van der Waals surface area contributed by atoms with Gasteiger partial charge in [-0.05, 0) is 6.42 Å². The Morgan fingerprint density at radius 1 is 1.50 bits per heavy atom. The van der Waals surface area contributed by atoms with Crippen molar-refractivity contribution in [3.63, 3.8) is 0 Å². The van der Waals surface area contributed by atoms with E-state index in [1.807, 2.05) is 0 Å². The lowest BCUT2D eigenvalue weighted by atomic mass is 10.2. The number of aliphatic hydroxyl groups excluding tert-OH is 1. The molecule has 0 aliphatic carbocycles. The van der Waals surface area contributed by atoms with Gasteiger partial charge in [-0.2, -0.15) is 4.98 Å². The largest absolute Gasteiger partial charge is 0.392 e. The first-order valence-electron chi connectivity index (χ1n) is 6.13. The molecule has 2 N–H and O–H groups in total. The van der Waals surface area contributed by atoms with Crippen molar-refractivity contribution in [3.05, 3.63) is 40.3 Å². The zero-order valence-electron chi connectivity index (χ0n) is 10.4. The molecule has 0 bridgehead atoms. The molecule has 1 aliphatic rings. The second kappa shape index (κ2) is 4.99. The first kappa shape index (κ1) is 12.7. The number of hydrogen-bond donors (Lipinski definition) is 2. The summed E-state index contributed by atoms with van der Waals surface area (Å²) >= 11 is 0. The van der Waals surface area contributed by atoms with Crippen LogP contribution >= 0.6 is 0 Å². The third kappa shape index (κ3) is 2.38. The van der Waals surface area contributed by atoms with Crippen LogP contribution in [-0.4, -0.2) is 32.8 Å². The third-order valence-corrected chi connectivity index (χ3v) is 3.16. The summed E-state index contributed by atoms with van der Waals surface area (Å²) in [6, 6.07) is 5.87. The molecular formula is C12H12N4O4. The molecule has 0 saturated carbocycles. The lowest BCUT2D eigenvalue weighted by molar-refractivity contribution is -0.384. The Bertz CT molecular complexity index is 642. The number of benzene rings is 1. The molecule has 3 rings (SSSR count). The van der Waals surface area contributed by atoms with Crippen LogP contribution in [0.3, 0.4) is 0 Å². The number of nitro benzene ring substituents is 1. The number of aliphatic hydroxyl groups is 1. The quantitative estimate of drug-likeness (QED) is 0.635. The molecule has 104 valence electrons. The van der Waals surface area contributed by atoms with Crippen molar-refractivity contribution in [1.29, 1.82) is 0 Å². The van der Waals surface area contributed by atoms with Gasteiger partial charge in [-0.25, -0.2) is 0 Å². The van der Waals surface area contributed by atoms with Gasteiger partial charge in [0.25, 0.3) is 5.69 Å². The van der Waals surface area contributed by atoms with E-state index in [0.717, 1.165) is 0 Å². The minimum Gasteiger partial charge on any atom is -0.392 e. The maximum atomic E-state index is 10.7. The molecule has 2 heterocycles. The number of non-ortho nitro benzene ring substituents is 1. The number of nitrogens with zero attached hydrogens (tertiary/aromatic N) is 3. The van der Waals surface area contributed by atoms with E-state index in [4.69, 9.17) is 4.52 Å². The topological polar surface area (TPSA) is 114 Å². The van der Waals surface area contributed by atoms with Crippen LogP contribution in [0.25, 0.3) is 11.4 Å². The maximum Gasteiger partial charge on any atom is 0.270 e. The molecule has 20 heavy (non-hydrogen) atoms. The molecule has 1 aromatic heterocycles. The minimum absolute atomic E-state index is 0.0248. The molecule has 8 heteroatoms. The van der Waals surface area contributed by atoms with Crippen LogP contribution in [0.1, 0.15) is 18.4 Å². The van der Waals surface area contributed by atoms with E-state index in [1.165, 1.54) is 12.1 Å². The van der Waals surface area contributed by atoms with Gasteiger partial charge in [-0.3, -0.25) is 10.1 Å². The summed E-state index contributed by atoms with van der Waals surface area (Å²) in [6.07, 6.45) is 0.0875. The van der Waals surface area contributed by atoms with Crippen molar-refractivity contribution < 1.29 is 14.6 Å². The van der Waals surface area contributed by atoms with Crippen LogP contribution in [0.15, 0.2) is 28.8 Å². The summed E-state index contributed by atoms with van der Waals surface area (Å²) < 4.78 is 5.15. The highest BCUT2D eigenvalue weighted by Gasteiger charge is 2.28.